The molecule has 1 amide bonds. The second kappa shape index (κ2) is 10.6. The van der Waals surface area contributed by atoms with Crippen LogP contribution < -0.4 is 10.2 Å². The number of aliphatic hydroxyl groups is 1. The molecule has 1 unspecified atom stereocenters. The van der Waals surface area contributed by atoms with Crippen molar-refractivity contribution in [2.45, 2.75) is 20.0 Å². The van der Waals surface area contributed by atoms with Gasteiger partial charge in [0.2, 0.25) is 5.91 Å². The van der Waals surface area contributed by atoms with Crippen molar-refractivity contribution >= 4 is 41.5 Å². The Morgan fingerprint density at radius 1 is 1.31 bits per heavy atom. The molecule has 158 valence electrons. The molecule has 0 aliphatic carbocycles. The third kappa shape index (κ3) is 5.92. The van der Waals surface area contributed by atoms with Crippen molar-refractivity contribution in [2.75, 3.05) is 37.6 Å². The lowest BCUT2D eigenvalue weighted by molar-refractivity contribution is -0.120. The fraction of sp³-hybridized carbons (Fsp3) is 0.450. The number of hydrogen-bond acceptors (Lipinski definition) is 4. The first-order valence-electron chi connectivity index (χ1n) is 9.55. The van der Waals surface area contributed by atoms with Crippen LogP contribution in [0.4, 0.5) is 5.69 Å². The molecular weight excluding hydrogens is 483 g/mol. The van der Waals surface area contributed by atoms with Gasteiger partial charge in [-0.05, 0) is 19.4 Å². The van der Waals surface area contributed by atoms with Gasteiger partial charge in [0.15, 0.2) is 5.96 Å². The molecule has 2 aromatic rings. The Labute approximate surface area is 188 Å². The first-order chi connectivity index (χ1) is 13.5. The van der Waals surface area contributed by atoms with Gasteiger partial charge in [-0.15, -0.1) is 24.0 Å². The lowest BCUT2D eigenvalue weighted by Gasteiger charge is -2.35. The molecule has 9 heteroatoms. The highest BCUT2D eigenvalue weighted by Gasteiger charge is 2.27. The van der Waals surface area contributed by atoms with E-state index >= 15 is 0 Å². The van der Waals surface area contributed by atoms with Gasteiger partial charge < -0.3 is 20.2 Å². The summed E-state index contributed by atoms with van der Waals surface area (Å²) in [5.74, 6) is 0.650. The molecule has 1 aromatic heterocycles. The standard InChI is InChI=1S/C20H28N6O2.HI/c1-4-21-20(22-12-18(27)16-7-5-15(2)6-8-16)25-9-10-26(19(28)14-25)17-11-23-24(3)13-17;/h5-8,11,13,18,27H,4,9-10,12,14H2,1-3H3,(H,21,22);1H. The normalized spacial score (nSPS) is 15.9. The Morgan fingerprint density at radius 2 is 2.03 bits per heavy atom. The van der Waals surface area contributed by atoms with Crippen LogP contribution in [0.1, 0.15) is 24.2 Å². The number of anilines is 1. The molecule has 1 fully saturated rings. The summed E-state index contributed by atoms with van der Waals surface area (Å²) >= 11 is 0. The van der Waals surface area contributed by atoms with Crippen LogP contribution in [0.25, 0.3) is 0 Å². The second-order valence-corrected chi connectivity index (χ2v) is 6.96. The summed E-state index contributed by atoms with van der Waals surface area (Å²) in [6, 6.07) is 7.78. The van der Waals surface area contributed by atoms with Gasteiger partial charge >= 0.3 is 0 Å². The average Bonchev–Trinajstić information content (AvgIpc) is 3.11. The van der Waals surface area contributed by atoms with Crippen molar-refractivity contribution in [1.29, 1.82) is 0 Å². The maximum absolute atomic E-state index is 12.6. The minimum Gasteiger partial charge on any atom is -0.386 e. The third-order valence-electron chi connectivity index (χ3n) is 4.73. The molecule has 0 bridgehead atoms. The van der Waals surface area contributed by atoms with Gasteiger partial charge in [0, 0.05) is 32.9 Å². The summed E-state index contributed by atoms with van der Waals surface area (Å²) in [6.07, 6.45) is 2.86. The first-order valence-corrected chi connectivity index (χ1v) is 9.55. The smallest absolute Gasteiger partial charge is 0.246 e. The number of nitrogens with one attached hydrogen (secondary N) is 1. The summed E-state index contributed by atoms with van der Waals surface area (Å²) in [5, 5.41) is 17.8. The number of hydrogen-bond donors (Lipinski definition) is 2. The van der Waals surface area contributed by atoms with Gasteiger partial charge in [0.25, 0.3) is 0 Å². The molecule has 1 saturated heterocycles. The summed E-state index contributed by atoms with van der Waals surface area (Å²) in [4.78, 5) is 20.9. The minimum absolute atomic E-state index is 0. The van der Waals surface area contributed by atoms with E-state index in [2.05, 4.69) is 15.4 Å². The van der Waals surface area contributed by atoms with E-state index in [0.717, 1.165) is 16.8 Å². The molecule has 1 aliphatic rings. The number of nitrogens with zero attached hydrogens (tertiary/aromatic N) is 5. The number of aliphatic imine (C=N–C) groups is 1. The number of rotatable bonds is 5. The summed E-state index contributed by atoms with van der Waals surface area (Å²) in [6.45, 7) is 6.39. The monoisotopic (exact) mass is 512 g/mol. The van der Waals surface area contributed by atoms with Crippen LogP contribution >= 0.6 is 24.0 Å². The van der Waals surface area contributed by atoms with Gasteiger partial charge in [-0.25, -0.2) is 0 Å². The zero-order valence-electron chi connectivity index (χ0n) is 17.1. The fourth-order valence-corrected chi connectivity index (χ4v) is 3.17. The number of carbonyl (C=O) groups excluding carboxylic acids is 1. The maximum atomic E-state index is 12.6. The van der Waals surface area contributed by atoms with Crippen molar-refractivity contribution in [3.05, 3.63) is 47.8 Å². The van der Waals surface area contributed by atoms with E-state index in [0.29, 0.717) is 25.6 Å². The lowest BCUT2D eigenvalue weighted by atomic mass is 10.1. The Balaban J connectivity index is 0.00000300. The number of aryl methyl sites for hydroxylation is 2. The van der Waals surface area contributed by atoms with Crippen molar-refractivity contribution in [2.24, 2.45) is 12.0 Å². The van der Waals surface area contributed by atoms with Gasteiger partial charge in [-0.2, -0.15) is 5.10 Å². The predicted molar refractivity (Wildman–Crippen MR) is 125 cm³/mol. The van der Waals surface area contributed by atoms with Crippen LogP contribution in [0.15, 0.2) is 41.7 Å². The van der Waals surface area contributed by atoms with Crippen LogP contribution in [-0.4, -0.2) is 64.4 Å². The molecule has 0 spiro atoms. The van der Waals surface area contributed by atoms with E-state index in [9.17, 15) is 9.90 Å². The molecule has 0 radical (unpaired) electrons. The number of halogens is 1. The molecule has 1 aliphatic heterocycles. The molecular formula is C20H29IN6O2. The van der Waals surface area contributed by atoms with Crippen LogP contribution in [0.2, 0.25) is 0 Å². The topological polar surface area (TPSA) is 86.0 Å². The number of guanidine groups is 1. The van der Waals surface area contributed by atoms with E-state index < -0.39 is 6.10 Å². The Bertz CT molecular complexity index is 836. The second-order valence-electron chi connectivity index (χ2n) is 6.96. The van der Waals surface area contributed by atoms with Gasteiger partial charge in [0.05, 0.1) is 24.5 Å². The number of carbonyl (C=O) groups is 1. The molecule has 1 atom stereocenters. The van der Waals surface area contributed by atoms with Crippen LogP contribution in [0, 0.1) is 6.92 Å². The minimum atomic E-state index is -0.679. The Kier molecular flexibility index (Phi) is 8.45. The van der Waals surface area contributed by atoms with Gasteiger partial charge in [0.1, 0.15) is 6.54 Å². The SMILES string of the molecule is CCNC(=NCC(O)c1ccc(C)cc1)N1CCN(c2cnn(C)c2)C(=O)C1.I. The van der Waals surface area contributed by atoms with Crippen molar-refractivity contribution in [3.63, 3.8) is 0 Å². The zero-order chi connectivity index (χ0) is 20.1. The average molecular weight is 512 g/mol. The Morgan fingerprint density at radius 3 is 2.62 bits per heavy atom. The van der Waals surface area contributed by atoms with E-state index in [4.69, 9.17) is 0 Å². The molecule has 0 saturated carbocycles. The molecule has 3 rings (SSSR count). The van der Waals surface area contributed by atoms with Crippen molar-refractivity contribution in [3.8, 4) is 0 Å². The van der Waals surface area contributed by atoms with E-state index in [1.54, 1.807) is 15.8 Å². The molecule has 1 aromatic carbocycles. The number of benzene rings is 1. The van der Waals surface area contributed by atoms with E-state index in [1.165, 1.54) is 0 Å². The van der Waals surface area contributed by atoms with Crippen LogP contribution in [0.5, 0.6) is 0 Å². The summed E-state index contributed by atoms with van der Waals surface area (Å²) in [5.41, 5.74) is 2.80. The summed E-state index contributed by atoms with van der Waals surface area (Å²) < 4.78 is 1.69. The lowest BCUT2D eigenvalue weighted by Crippen LogP contribution is -2.55. The zero-order valence-corrected chi connectivity index (χ0v) is 19.4. The number of aromatic nitrogens is 2. The number of amides is 1. The van der Waals surface area contributed by atoms with Gasteiger partial charge in [-0.1, -0.05) is 29.8 Å². The summed E-state index contributed by atoms with van der Waals surface area (Å²) in [7, 11) is 1.83. The van der Waals surface area contributed by atoms with E-state index in [-0.39, 0.29) is 43.0 Å². The Hall–Kier alpha value is -2.14. The third-order valence-corrected chi connectivity index (χ3v) is 4.73. The highest BCUT2D eigenvalue weighted by atomic mass is 127. The fourth-order valence-electron chi connectivity index (χ4n) is 3.17. The van der Waals surface area contributed by atoms with E-state index in [1.807, 2.05) is 56.3 Å². The number of aliphatic hydroxyl groups excluding tert-OH is 1. The maximum Gasteiger partial charge on any atom is 0.246 e. The predicted octanol–water partition coefficient (Wildman–Crippen LogP) is 1.69. The first kappa shape index (κ1) is 23.1. The molecule has 29 heavy (non-hydrogen) atoms. The van der Waals surface area contributed by atoms with Crippen molar-refractivity contribution < 1.29 is 9.90 Å². The highest BCUT2D eigenvalue weighted by molar-refractivity contribution is 14.0. The molecule has 2 N–H and O–H groups in total. The quantitative estimate of drug-likeness (QED) is 0.362. The molecule has 8 nitrogen and oxygen atoms in total. The molecule has 2 heterocycles. The van der Waals surface area contributed by atoms with Gasteiger partial charge in [-0.3, -0.25) is 14.5 Å². The largest absolute Gasteiger partial charge is 0.386 e. The van der Waals surface area contributed by atoms with Crippen molar-refractivity contribution in [1.82, 2.24) is 20.0 Å². The number of piperazine rings is 1. The highest BCUT2D eigenvalue weighted by Crippen LogP contribution is 2.17. The van der Waals surface area contributed by atoms with Crippen LogP contribution in [0.3, 0.4) is 0 Å². The van der Waals surface area contributed by atoms with Crippen LogP contribution in [-0.2, 0) is 11.8 Å².